The maximum Gasteiger partial charge on any atom is 0.258 e. The molecule has 2 aromatic carbocycles. The summed E-state index contributed by atoms with van der Waals surface area (Å²) in [7, 11) is 0. The third kappa shape index (κ3) is 4.12. The average molecular weight is 410 g/mol. The molecule has 1 unspecified atom stereocenters. The van der Waals surface area contributed by atoms with Crippen LogP contribution in [0.5, 0.6) is 0 Å². The number of carbonyl (C=O) groups is 2. The van der Waals surface area contributed by atoms with Gasteiger partial charge in [0.1, 0.15) is 5.82 Å². The number of fused-ring (bicyclic) bond motifs is 1. The van der Waals surface area contributed by atoms with E-state index in [-0.39, 0.29) is 29.7 Å². The highest BCUT2D eigenvalue weighted by atomic mass is 35.5. The van der Waals surface area contributed by atoms with Gasteiger partial charge >= 0.3 is 0 Å². The van der Waals surface area contributed by atoms with E-state index in [9.17, 15) is 14.4 Å². The monoisotopic (exact) mass is 409 g/mol. The minimum atomic E-state index is -0.945. The van der Waals surface area contributed by atoms with Crippen molar-refractivity contribution >= 4 is 46.6 Å². The highest BCUT2D eigenvalue weighted by Crippen LogP contribution is 2.30. The number of nitrogens with zero attached hydrogens (tertiary/aromatic N) is 1. The fraction of sp³-hybridized carbons (Fsp3) is 0.100. The molecule has 3 aromatic rings. The molecule has 9 heteroatoms. The van der Waals surface area contributed by atoms with Crippen molar-refractivity contribution in [3.8, 4) is 0 Å². The fourth-order valence-electron chi connectivity index (χ4n) is 3.08. The summed E-state index contributed by atoms with van der Waals surface area (Å²) in [5.41, 5.74) is 0.854. The molecule has 8 nitrogen and oxygen atoms in total. The van der Waals surface area contributed by atoms with Crippen molar-refractivity contribution < 1.29 is 9.59 Å². The first-order valence-corrected chi connectivity index (χ1v) is 9.20. The predicted octanol–water partition coefficient (Wildman–Crippen LogP) is 3.23. The summed E-state index contributed by atoms with van der Waals surface area (Å²) in [6, 6.07) is 15.6. The van der Waals surface area contributed by atoms with Crippen LogP contribution in [0.25, 0.3) is 0 Å². The Balaban J connectivity index is 1.64. The lowest BCUT2D eigenvalue weighted by molar-refractivity contribution is -0.123. The molecule has 2 amide bonds. The van der Waals surface area contributed by atoms with E-state index in [1.165, 1.54) is 0 Å². The van der Waals surface area contributed by atoms with Gasteiger partial charge in [-0.1, -0.05) is 29.8 Å². The van der Waals surface area contributed by atoms with Gasteiger partial charge in [0.25, 0.3) is 5.56 Å². The lowest BCUT2D eigenvalue weighted by Crippen LogP contribution is -2.36. The fourth-order valence-corrected chi connectivity index (χ4v) is 3.20. The van der Waals surface area contributed by atoms with Gasteiger partial charge in [-0.25, -0.2) is 0 Å². The largest absolute Gasteiger partial charge is 0.326 e. The first-order chi connectivity index (χ1) is 14.0. The molecule has 0 spiro atoms. The van der Waals surface area contributed by atoms with E-state index >= 15 is 0 Å². The zero-order valence-corrected chi connectivity index (χ0v) is 15.8. The third-order valence-corrected chi connectivity index (χ3v) is 4.67. The highest BCUT2D eigenvalue weighted by Gasteiger charge is 2.34. The average Bonchev–Trinajstić information content (AvgIpc) is 2.69. The predicted molar refractivity (Wildman–Crippen MR) is 111 cm³/mol. The van der Waals surface area contributed by atoms with Gasteiger partial charge in [0, 0.05) is 22.8 Å². The number of aromatic nitrogens is 2. The normalized spacial score (nSPS) is 15.2. The van der Waals surface area contributed by atoms with Gasteiger partial charge < -0.3 is 16.0 Å². The number of H-pyrrole nitrogens is 1. The molecule has 0 saturated heterocycles. The summed E-state index contributed by atoms with van der Waals surface area (Å²) < 4.78 is 0. The molecule has 4 rings (SSSR count). The Bertz CT molecular complexity index is 1130. The molecule has 0 saturated carbocycles. The standard InChI is InChI=1S/C20H16ClN5O3/c21-11-6-8-13(9-7-11)23-20-25-17-16(19(29)26-20)14(10-15(27)24-17)18(28)22-12-4-2-1-3-5-12/h1-9,14H,10H2,(H,22,28)(H3,23,24,25,26,27,29). The minimum Gasteiger partial charge on any atom is -0.326 e. The van der Waals surface area contributed by atoms with Crippen LogP contribution >= 0.6 is 11.6 Å². The van der Waals surface area contributed by atoms with Crippen molar-refractivity contribution in [1.82, 2.24) is 9.97 Å². The Labute approximate surface area is 170 Å². The van der Waals surface area contributed by atoms with Gasteiger partial charge in [-0.05, 0) is 36.4 Å². The second-order valence-corrected chi connectivity index (χ2v) is 6.91. The van der Waals surface area contributed by atoms with E-state index in [2.05, 4.69) is 25.9 Å². The van der Waals surface area contributed by atoms with Gasteiger partial charge in [0.2, 0.25) is 17.8 Å². The number of aromatic amines is 1. The molecule has 1 aliphatic rings. The number of nitrogens with one attached hydrogen (secondary N) is 4. The smallest absolute Gasteiger partial charge is 0.258 e. The maximum atomic E-state index is 12.7. The maximum absolute atomic E-state index is 12.7. The summed E-state index contributed by atoms with van der Waals surface area (Å²) in [6.45, 7) is 0. The first-order valence-electron chi connectivity index (χ1n) is 8.82. The first kappa shape index (κ1) is 18.7. The zero-order valence-electron chi connectivity index (χ0n) is 15.0. The molecule has 1 aromatic heterocycles. The Morgan fingerprint density at radius 2 is 1.76 bits per heavy atom. The quantitative estimate of drug-likeness (QED) is 0.528. The second-order valence-electron chi connectivity index (χ2n) is 6.47. The lowest BCUT2D eigenvalue weighted by Gasteiger charge is -2.23. The molecular formula is C20H16ClN5O3. The summed E-state index contributed by atoms with van der Waals surface area (Å²) >= 11 is 5.87. The van der Waals surface area contributed by atoms with Crippen LogP contribution in [0, 0.1) is 0 Å². The molecule has 2 heterocycles. The van der Waals surface area contributed by atoms with Crippen molar-refractivity contribution in [2.24, 2.45) is 0 Å². The molecule has 0 fully saturated rings. The number of benzene rings is 2. The van der Waals surface area contributed by atoms with Crippen LogP contribution in [0.1, 0.15) is 17.9 Å². The Hall–Kier alpha value is -3.65. The van der Waals surface area contributed by atoms with Crippen molar-refractivity contribution in [2.75, 3.05) is 16.0 Å². The van der Waals surface area contributed by atoms with Gasteiger partial charge in [0.05, 0.1) is 11.5 Å². The molecule has 0 radical (unpaired) electrons. The zero-order chi connectivity index (χ0) is 20.4. The van der Waals surface area contributed by atoms with E-state index in [1.54, 1.807) is 48.5 Å². The molecule has 4 N–H and O–H groups in total. The van der Waals surface area contributed by atoms with E-state index in [1.807, 2.05) is 6.07 Å². The molecular weight excluding hydrogens is 394 g/mol. The molecule has 1 atom stereocenters. The summed E-state index contributed by atoms with van der Waals surface area (Å²) in [5.74, 6) is -1.57. The Morgan fingerprint density at radius 1 is 1.03 bits per heavy atom. The molecule has 0 aliphatic carbocycles. The SMILES string of the molecule is O=C1CC(C(=O)Nc2ccccc2)c2c(nc(Nc3ccc(Cl)cc3)[nH]c2=O)N1. The van der Waals surface area contributed by atoms with Crippen LogP contribution in [0.4, 0.5) is 23.1 Å². The third-order valence-electron chi connectivity index (χ3n) is 4.42. The number of anilines is 4. The number of hydrogen-bond acceptors (Lipinski definition) is 5. The molecule has 1 aliphatic heterocycles. The van der Waals surface area contributed by atoms with Gasteiger partial charge in [-0.2, -0.15) is 4.98 Å². The Morgan fingerprint density at radius 3 is 2.48 bits per heavy atom. The molecule has 29 heavy (non-hydrogen) atoms. The van der Waals surface area contributed by atoms with E-state index in [0.29, 0.717) is 16.4 Å². The number of amides is 2. The van der Waals surface area contributed by atoms with Crippen molar-refractivity contribution in [2.45, 2.75) is 12.3 Å². The number of carbonyl (C=O) groups excluding carboxylic acids is 2. The lowest BCUT2D eigenvalue weighted by atomic mass is 9.92. The highest BCUT2D eigenvalue weighted by molar-refractivity contribution is 6.30. The van der Waals surface area contributed by atoms with Crippen molar-refractivity contribution in [3.63, 3.8) is 0 Å². The van der Waals surface area contributed by atoms with Crippen LogP contribution in [-0.2, 0) is 9.59 Å². The van der Waals surface area contributed by atoms with Gasteiger partial charge in [0.15, 0.2) is 0 Å². The summed E-state index contributed by atoms with van der Waals surface area (Å²) in [5, 5.41) is 8.82. The number of para-hydroxylation sites is 1. The number of hydrogen-bond donors (Lipinski definition) is 4. The molecule has 0 bridgehead atoms. The number of halogens is 1. The summed E-state index contributed by atoms with van der Waals surface area (Å²) in [4.78, 5) is 44.5. The van der Waals surface area contributed by atoms with Gasteiger partial charge in [-0.3, -0.25) is 19.4 Å². The number of rotatable bonds is 4. The van der Waals surface area contributed by atoms with Gasteiger partial charge in [-0.15, -0.1) is 0 Å². The van der Waals surface area contributed by atoms with Crippen molar-refractivity contribution in [1.29, 1.82) is 0 Å². The second kappa shape index (κ2) is 7.76. The van der Waals surface area contributed by atoms with Crippen LogP contribution < -0.4 is 21.5 Å². The van der Waals surface area contributed by atoms with E-state index in [4.69, 9.17) is 11.6 Å². The minimum absolute atomic E-state index is 0.0645. The summed E-state index contributed by atoms with van der Waals surface area (Å²) in [6.07, 6.45) is -0.139. The van der Waals surface area contributed by atoms with E-state index < -0.39 is 17.4 Å². The van der Waals surface area contributed by atoms with E-state index in [0.717, 1.165) is 0 Å². The van der Waals surface area contributed by atoms with Crippen LogP contribution in [-0.4, -0.2) is 21.8 Å². The molecule has 146 valence electrons. The van der Waals surface area contributed by atoms with Crippen LogP contribution in [0.3, 0.4) is 0 Å². The van der Waals surface area contributed by atoms with Crippen LogP contribution in [0.15, 0.2) is 59.4 Å². The van der Waals surface area contributed by atoms with Crippen molar-refractivity contribution in [3.05, 3.63) is 75.5 Å². The van der Waals surface area contributed by atoms with Crippen LogP contribution in [0.2, 0.25) is 5.02 Å². The topological polar surface area (TPSA) is 116 Å². The Kier molecular flexibility index (Phi) is 5.01.